The molecule has 8 heteroatoms. The number of nitrogens with zero attached hydrogens (tertiary/aromatic N) is 5. The van der Waals surface area contributed by atoms with Crippen LogP contribution in [0.5, 0.6) is 0 Å². The summed E-state index contributed by atoms with van der Waals surface area (Å²) in [5.74, 6) is 0. The van der Waals surface area contributed by atoms with Crippen LogP contribution in [-0.2, 0) is 4.74 Å². The molecule has 1 aromatic heterocycles. The summed E-state index contributed by atoms with van der Waals surface area (Å²) in [7, 11) is 0. The first-order valence-corrected chi connectivity index (χ1v) is 10.1. The number of carbonyl (C=O) groups excluding carboxylic acids is 1. The summed E-state index contributed by atoms with van der Waals surface area (Å²) in [5.41, 5.74) is 1.65. The minimum Gasteiger partial charge on any atom is -0.379 e. The summed E-state index contributed by atoms with van der Waals surface area (Å²) >= 11 is 0. The van der Waals surface area contributed by atoms with Gasteiger partial charge in [0.1, 0.15) is 12.7 Å². The standard InChI is InChI=1S/C20H28N6O2/c27-20(23-17-4-3-6-19(14-17)26-16-21-15-22-26)25-8-2-1-5-18(25)7-9-24-10-12-28-13-11-24/h3-4,6,14-16,18H,1-2,5,7-13H2,(H,23,27)/t18-/m0/s1. The third-order valence-corrected chi connectivity index (χ3v) is 5.55. The first-order chi connectivity index (χ1) is 13.8. The lowest BCUT2D eigenvalue weighted by atomic mass is 9.99. The lowest BCUT2D eigenvalue weighted by molar-refractivity contribution is 0.0329. The van der Waals surface area contributed by atoms with Gasteiger partial charge in [0.25, 0.3) is 0 Å². The van der Waals surface area contributed by atoms with E-state index in [0.29, 0.717) is 6.04 Å². The Morgan fingerprint density at radius 2 is 2.11 bits per heavy atom. The van der Waals surface area contributed by atoms with Crippen LogP contribution >= 0.6 is 0 Å². The second-order valence-electron chi connectivity index (χ2n) is 7.41. The fourth-order valence-electron chi connectivity index (χ4n) is 3.99. The summed E-state index contributed by atoms with van der Waals surface area (Å²) in [6, 6.07) is 7.97. The van der Waals surface area contributed by atoms with Gasteiger partial charge in [0.05, 0.1) is 18.9 Å². The maximum atomic E-state index is 13.0. The zero-order valence-corrected chi connectivity index (χ0v) is 16.2. The van der Waals surface area contributed by atoms with Crippen molar-refractivity contribution in [2.75, 3.05) is 44.7 Å². The predicted molar refractivity (Wildman–Crippen MR) is 107 cm³/mol. The highest BCUT2D eigenvalue weighted by molar-refractivity contribution is 5.89. The predicted octanol–water partition coefficient (Wildman–Crippen LogP) is 2.38. The van der Waals surface area contributed by atoms with E-state index in [4.69, 9.17) is 4.74 Å². The number of rotatable bonds is 5. The number of nitrogens with one attached hydrogen (secondary N) is 1. The van der Waals surface area contributed by atoms with Crippen LogP contribution in [0.15, 0.2) is 36.9 Å². The molecule has 0 radical (unpaired) electrons. The summed E-state index contributed by atoms with van der Waals surface area (Å²) < 4.78 is 7.11. The van der Waals surface area contributed by atoms with E-state index in [-0.39, 0.29) is 6.03 Å². The Hall–Kier alpha value is -2.45. The van der Waals surface area contributed by atoms with Crippen LogP contribution < -0.4 is 5.32 Å². The number of amides is 2. The maximum Gasteiger partial charge on any atom is 0.322 e. The molecule has 150 valence electrons. The summed E-state index contributed by atoms with van der Waals surface area (Å²) in [6.07, 6.45) is 7.51. The number of hydrogen-bond acceptors (Lipinski definition) is 5. The largest absolute Gasteiger partial charge is 0.379 e. The van der Waals surface area contributed by atoms with Crippen LogP contribution in [0.4, 0.5) is 10.5 Å². The molecule has 0 unspecified atom stereocenters. The second-order valence-corrected chi connectivity index (χ2v) is 7.41. The molecule has 28 heavy (non-hydrogen) atoms. The van der Waals surface area contributed by atoms with Gasteiger partial charge in [-0.25, -0.2) is 14.5 Å². The van der Waals surface area contributed by atoms with Crippen molar-refractivity contribution in [3.05, 3.63) is 36.9 Å². The number of morpholine rings is 1. The molecule has 2 fully saturated rings. The lowest BCUT2D eigenvalue weighted by Crippen LogP contribution is -2.48. The van der Waals surface area contributed by atoms with Crippen LogP contribution in [0.2, 0.25) is 0 Å². The lowest BCUT2D eigenvalue weighted by Gasteiger charge is -2.37. The second kappa shape index (κ2) is 9.16. The molecule has 2 aliphatic heterocycles. The van der Waals surface area contributed by atoms with Crippen molar-refractivity contribution in [3.63, 3.8) is 0 Å². The van der Waals surface area contributed by atoms with Crippen LogP contribution in [-0.4, -0.2) is 76.0 Å². The molecule has 4 rings (SSSR count). The normalized spacial score (nSPS) is 20.9. The van der Waals surface area contributed by atoms with Gasteiger partial charge in [-0.15, -0.1) is 0 Å². The monoisotopic (exact) mass is 384 g/mol. The third kappa shape index (κ3) is 4.69. The molecule has 0 aliphatic carbocycles. The quantitative estimate of drug-likeness (QED) is 0.857. The van der Waals surface area contributed by atoms with E-state index in [2.05, 4.69) is 20.3 Å². The summed E-state index contributed by atoms with van der Waals surface area (Å²) in [6.45, 7) is 5.47. The summed E-state index contributed by atoms with van der Waals surface area (Å²) in [4.78, 5) is 21.4. The first kappa shape index (κ1) is 18.9. The molecule has 2 saturated heterocycles. The van der Waals surface area contributed by atoms with Gasteiger partial charge in [0, 0.05) is 37.9 Å². The number of urea groups is 1. The zero-order chi connectivity index (χ0) is 19.2. The summed E-state index contributed by atoms with van der Waals surface area (Å²) in [5, 5.41) is 7.22. The van der Waals surface area contributed by atoms with Gasteiger partial charge in [-0.05, 0) is 43.9 Å². The highest BCUT2D eigenvalue weighted by atomic mass is 16.5. The third-order valence-electron chi connectivity index (χ3n) is 5.55. The number of hydrogen-bond donors (Lipinski definition) is 1. The van der Waals surface area contributed by atoms with Crippen molar-refractivity contribution in [2.24, 2.45) is 0 Å². The van der Waals surface area contributed by atoms with Crippen molar-refractivity contribution in [1.82, 2.24) is 24.6 Å². The van der Waals surface area contributed by atoms with E-state index >= 15 is 0 Å². The van der Waals surface area contributed by atoms with Gasteiger partial charge in [-0.3, -0.25) is 4.90 Å². The topological polar surface area (TPSA) is 75.5 Å². The number of aromatic nitrogens is 3. The van der Waals surface area contributed by atoms with E-state index in [1.165, 1.54) is 12.7 Å². The van der Waals surface area contributed by atoms with Gasteiger partial charge in [0.15, 0.2) is 0 Å². The van der Waals surface area contributed by atoms with Crippen LogP contribution in [0, 0.1) is 0 Å². The fourth-order valence-corrected chi connectivity index (χ4v) is 3.99. The molecule has 0 bridgehead atoms. The Morgan fingerprint density at radius 1 is 1.21 bits per heavy atom. The molecule has 0 spiro atoms. The van der Waals surface area contributed by atoms with E-state index in [0.717, 1.165) is 70.0 Å². The number of ether oxygens (including phenoxy) is 1. The van der Waals surface area contributed by atoms with E-state index < -0.39 is 0 Å². The molecule has 2 aliphatic rings. The Balaban J connectivity index is 1.37. The van der Waals surface area contributed by atoms with Gasteiger partial charge in [-0.2, -0.15) is 5.10 Å². The molecule has 0 saturated carbocycles. The minimum absolute atomic E-state index is 0.0117. The Morgan fingerprint density at radius 3 is 2.93 bits per heavy atom. The molecule has 8 nitrogen and oxygen atoms in total. The van der Waals surface area contributed by atoms with E-state index in [1.54, 1.807) is 11.0 Å². The highest BCUT2D eigenvalue weighted by Crippen LogP contribution is 2.22. The number of carbonyl (C=O) groups is 1. The van der Waals surface area contributed by atoms with Gasteiger partial charge in [-0.1, -0.05) is 6.07 Å². The van der Waals surface area contributed by atoms with Crippen molar-refractivity contribution >= 4 is 11.7 Å². The van der Waals surface area contributed by atoms with Crippen molar-refractivity contribution in [2.45, 2.75) is 31.7 Å². The molecule has 1 atom stereocenters. The molecular weight excluding hydrogens is 356 g/mol. The van der Waals surface area contributed by atoms with Crippen molar-refractivity contribution in [1.29, 1.82) is 0 Å². The van der Waals surface area contributed by atoms with E-state index in [1.807, 2.05) is 29.2 Å². The smallest absolute Gasteiger partial charge is 0.322 e. The minimum atomic E-state index is -0.0117. The highest BCUT2D eigenvalue weighted by Gasteiger charge is 2.27. The molecule has 1 aromatic carbocycles. The Bertz CT molecular complexity index is 760. The molecule has 3 heterocycles. The Labute approximate surface area is 165 Å². The number of benzene rings is 1. The molecule has 2 aromatic rings. The van der Waals surface area contributed by atoms with Gasteiger partial charge >= 0.3 is 6.03 Å². The average Bonchev–Trinajstić information content (AvgIpc) is 3.28. The zero-order valence-electron chi connectivity index (χ0n) is 16.2. The first-order valence-electron chi connectivity index (χ1n) is 10.1. The molecule has 2 amide bonds. The Kier molecular flexibility index (Phi) is 6.18. The van der Waals surface area contributed by atoms with Crippen LogP contribution in [0.25, 0.3) is 5.69 Å². The number of likely N-dealkylation sites (tertiary alicyclic amines) is 1. The maximum absolute atomic E-state index is 13.0. The van der Waals surface area contributed by atoms with Crippen molar-refractivity contribution < 1.29 is 9.53 Å². The van der Waals surface area contributed by atoms with Crippen LogP contribution in [0.3, 0.4) is 0 Å². The van der Waals surface area contributed by atoms with E-state index in [9.17, 15) is 4.79 Å². The molecule has 1 N–H and O–H groups in total. The SMILES string of the molecule is O=C(Nc1cccc(-n2cncn2)c1)N1CCCC[C@H]1CCN1CCOCC1. The fraction of sp³-hybridized carbons (Fsp3) is 0.550. The number of anilines is 1. The number of piperidine rings is 1. The van der Waals surface area contributed by atoms with Crippen LogP contribution in [0.1, 0.15) is 25.7 Å². The van der Waals surface area contributed by atoms with Gasteiger partial charge in [0.2, 0.25) is 0 Å². The molecular formula is C20H28N6O2. The van der Waals surface area contributed by atoms with Gasteiger partial charge < -0.3 is 15.0 Å². The van der Waals surface area contributed by atoms with Crippen molar-refractivity contribution in [3.8, 4) is 5.69 Å². The average molecular weight is 384 g/mol.